The molecule has 1 aromatic heterocycles. The smallest absolute Gasteiger partial charge is 0.147 e. The van der Waals surface area contributed by atoms with Gasteiger partial charge in [-0.15, -0.1) is 0 Å². The molecule has 22 heavy (non-hydrogen) atoms. The van der Waals surface area contributed by atoms with Gasteiger partial charge in [0.25, 0.3) is 0 Å². The van der Waals surface area contributed by atoms with E-state index in [9.17, 15) is 8.78 Å². The van der Waals surface area contributed by atoms with E-state index < -0.39 is 0 Å². The van der Waals surface area contributed by atoms with Gasteiger partial charge in [0.15, 0.2) is 0 Å². The predicted octanol–water partition coefficient (Wildman–Crippen LogP) is 5.08. The Morgan fingerprint density at radius 2 is 1.77 bits per heavy atom. The number of benzene rings is 2. The molecule has 2 nitrogen and oxygen atoms in total. The second kappa shape index (κ2) is 5.79. The first-order valence-electron chi connectivity index (χ1n) is 7.22. The Labute approximate surface area is 127 Å². The number of hydrogen-bond donors (Lipinski definition) is 0. The summed E-state index contributed by atoms with van der Waals surface area (Å²) in [5.41, 5.74) is 1.50. The van der Waals surface area contributed by atoms with E-state index in [0.29, 0.717) is 17.9 Å². The van der Waals surface area contributed by atoms with Crippen LogP contribution in [-0.4, -0.2) is 4.57 Å². The van der Waals surface area contributed by atoms with Crippen molar-refractivity contribution in [2.45, 2.75) is 26.5 Å². The molecular formula is C18H17F2NO. The van der Waals surface area contributed by atoms with Crippen LogP contribution >= 0.6 is 0 Å². The average molecular weight is 301 g/mol. The number of aromatic nitrogens is 1. The fraction of sp³-hybridized carbons (Fsp3) is 0.222. The molecule has 114 valence electrons. The Morgan fingerprint density at radius 1 is 1.05 bits per heavy atom. The Hall–Kier alpha value is -2.36. The highest BCUT2D eigenvalue weighted by Crippen LogP contribution is 2.28. The molecule has 0 radical (unpaired) electrons. The number of halogens is 2. The molecule has 0 unspecified atom stereocenters. The zero-order valence-corrected chi connectivity index (χ0v) is 12.5. The van der Waals surface area contributed by atoms with E-state index in [4.69, 9.17) is 4.74 Å². The number of rotatable bonds is 4. The lowest BCUT2D eigenvalue weighted by Gasteiger charge is -2.09. The van der Waals surface area contributed by atoms with Crippen LogP contribution < -0.4 is 4.74 Å². The van der Waals surface area contributed by atoms with Gasteiger partial charge in [-0.1, -0.05) is 12.1 Å². The van der Waals surface area contributed by atoms with Crippen LogP contribution in [-0.2, 0) is 6.61 Å². The average Bonchev–Trinajstić information content (AvgIpc) is 2.87. The number of fused-ring (bicyclic) bond motifs is 1. The molecule has 0 aliphatic carbocycles. The molecule has 0 aliphatic rings. The maximum atomic E-state index is 14.1. The third-order valence-electron chi connectivity index (χ3n) is 3.65. The minimum atomic E-state index is -0.300. The van der Waals surface area contributed by atoms with Crippen molar-refractivity contribution >= 4 is 10.9 Å². The Morgan fingerprint density at radius 3 is 2.45 bits per heavy atom. The molecule has 2 aromatic carbocycles. The van der Waals surface area contributed by atoms with Crippen molar-refractivity contribution in [1.82, 2.24) is 4.57 Å². The van der Waals surface area contributed by atoms with E-state index in [0.717, 1.165) is 10.9 Å². The summed E-state index contributed by atoms with van der Waals surface area (Å²) >= 11 is 0. The van der Waals surface area contributed by atoms with Gasteiger partial charge < -0.3 is 9.30 Å². The van der Waals surface area contributed by atoms with Gasteiger partial charge in [0.2, 0.25) is 0 Å². The Kier molecular flexibility index (Phi) is 3.84. The van der Waals surface area contributed by atoms with Crippen molar-refractivity contribution < 1.29 is 13.5 Å². The van der Waals surface area contributed by atoms with Gasteiger partial charge in [0.05, 0.1) is 5.52 Å². The second-order valence-corrected chi connectivity index (χ2v) is 5.53. The molecule has 3 rings (SSSR count). The summed E-state index contributed by atoms with van der Waals surface area (Å²) in [4.78, 5) is 0. The highest BCUT2D eigenvalue weighted by molar-refractivity contribution is 5.84. The zero-order valence-electron chi connectivity index (χ0n) is 12.5. The van der Waals surface area contributed by atoms with E-state index in [1.54, 1.807) is 18.2 Å². The molecule has 0 fully saturated rings. The van der Waals surface area contributed by atoms with Gasteiger partial charge in [-0.25, -0.2) is 8.78 Å². The lowest BCUT2D eigenvalue weighted by atomic mass is 10.2. The predicted molar refractivity (Wildman–Crippen MR) is 83.0 cm³/mol. The van der Waals surface area contributed by atoms with E-state index >= 15 is 0 Å². The minimum Gasteiger partial charge on any atom is -0.489 e. The number of para-hydroxylation sites is 1. The molecule has 1 heterocycles. The lowest BCUT2D eigenvalue weighted by molar-refractivity contribution is 0.306. The zero-order chi connectivity index (χ0) is 15.7. The molecule has 0 spiro atoms. The summed E-state index contributed by atoms with van der Waals surface area (Å²) in [7, 11) is 0. The molecule has 0 bridgehead atoms. The first-order valence-corrected chi connectivity index (χ1v) is 7.22. The van der Waals surface area contributed by atoms with Crippen LogP contribution in [0.25, 0.3) is 10.9 Å². The van der Waals surface area contributed by atoms with Crippen molar-refractivity contribution in [1.29, 1.82) is 0 Å². The van der Waals surface area contributed by atoms with Crippen molar-refractivity contribution in [2.24, 2.45) is 0 Å². The van der Waals surface area contributed by atoms with Crippen LogP contribution in [0.1, 0.15) is 25.5 Å². The van der Waals surface area contributed by atoms with E-state index in [-0.39, 0.29) is 17.7 Å². The van der Waals surface area contributed by atoms with Gasteiger partial charge >= 0.3 is 0 Å². The van der Waals surface area contributed by atoms with Crippen LogP contribution in [0.15, 0.2) is 48.7 Å². The molecule has 0 amide bonds. The van der Waals surface area contributed by atoms with Gasteiger partial charge in [-0.3, -0.25) is 0 Å². The highest BCUT2D eigenvalue weighted by atomic mass is 19.1. The molecule has 0 N–H and O–H groups in total. The van der Waals surface area contributed by atoms with E-state index in [1.165, 1.54) is 18.2 Å². The fourth-order valence-corrected chi connectivity index (χ4v) is 2.55. The largest absolute Gasteiger partial charge is 0.489 e. The monoisotopic (exact) mass is 301 g/mol. The van der Waals surface area contributed by atoms with Crippen molar-refractivity contribution in [3.05, 3.63) is 65.9 Å². The van der Waals surface area contributed by atoms with Crippen LogP contribution in [0.3, 0.4) is 0 Å². The molecular weight excluding hydrogens is 284 g/mol. The summed E-state index contributed by atoms with van der Waals surface area (Å²) in [6, 6.07) is 11.1. The molecule has 3 aromatic rings. The summed E-state index contributed by atoms with van der Waals surface area (Å²) in [6.07, 6.45) is 1.92. The van der Waals surface area contributed by atoms with E-state index in [2.05, 4.69) is 0 Å². The maximum absolute atomic E-state index is 14.1. The third-order valence-corrected chi connectivity index (χ3v) is 3.65. The quantitative estimate of drug-likeness (QED) is 0.655. The first-order chi connectivity index (χ1) is 10.6. The lowest BCUT2D eigenvalue weighted by Crippen LogP contribution is -2.00. The van der Waals surface area contributed by atoms with Crippen molar-refractivity contribution in [2.75, 3.05) is 0 Å². The van der Waals surface area contributed by atoms with Gasteiger partial charge in [0, 0.05) is 23.2 Å². The second-order valence-electron chi connectivity index (χ2n) is 5.53. The summed E-state index contributed by atoms with van der Waals surface area (Å²) in [5, 5.41) is 0.843. The summed E-state index contributed by atoms with van der Waals surface area (Å²) < 4.78 is 34.6. The number of ether oxygens (including phenoxy) is 1. The standard InChI is InChI=1S/C18H17F2NO/c1-12(2)21-10-13(16-4-3-5-17(20)18(16)21)11-22-15-8-6-14(19)7-9-15/h3-10,12H,11H2,1-2H3. The Balaban J connectivity index is 1.94. The topological polar surface area (TPSA) is 14.2 Å². The summed E-state index contributed by atoms with van der Waals surface area (Å²) in [6.45, 7) is 4.33. The Bertz CT molecular complexity index is 791. The van der Waals surface area contributed by atoms with Crippen LogP contribution in [0.4, 0.5) is 8.78 Å². The minimum absolute atomic E-state index is 0.152. The fourth-order valence-electron chi connectivity index (χ4n) is 2.55. The van der Waals surface area contributed by atoms with Gasteiger partial charge in [0.1, 0.15) is 24.0 Å². The van der Waals surface area contributed by atoms with Crippen molar-refractivity contribution in [3.8, 4) is 5.75 Å². The molecule has 0 aliphatic heterocycles. The normalized spacial score (nSPS) is 11.3. The maximum Gasteiger partial charge on any atom is 0.147 e. The molecule has 4 heteroatoms. The molecule has 0 saturated carbocycles. The van der Waals surface area contributed by atoms with Crippen LogP contribution in [0, 0.1) is 11.6 Å². The highest BCUT2D eigenvalue weighted by Gasteiger charge is 2.14. The first kappa shape index (κ1) is 14.6. The molecule has 0 atom stereocenters. The van der Waals surface area contributed by atoms with Crippen LogP contribution in [0.5, 0.6) is 5.75 Å². The van der Waals surface area contributed by atoms with Crippen LogP contribution in [0.2, 0.25) is 0 Å². The van der Waals surface area contributed by atoms with Gasteiger partial charge in [-0.2, -0.15) is 0 Å². The van der Waals surface area contributed by atoms with Crippen molar-refractivity contribution in [3.63, 3.8) is 0 Å². The number of nitrogens with zero attached hydrogens (tertiary/aromatic N) is 1. The SMILES string of the molecule is CC(C)n1cc(COc2ccc(F)cc2)c2cccc(F)c21. The summed E-state index contributed by atoms with van der Waals surface area (Å²) in [5.74, 6) is 0.0494. The molecule has 0 saturated heterocycles. The number of hydrogen-bond acceptors (Lipinski definition) is 1. The third kappa shape index (κ3) is 2.69. The van der Waals surface area contributed by atoms with E-state index in [1.807, 2.05) is 30.7 Å². The van der Waals surface area contributed by atoms with Gasteiger partial charge in [-0.05, 0) is 44.2 Å².